The predicted molar refractivity (Wildman–Crippen MR) is 83.6 cm³/mol. The zero-order chi connectivity index (χ0) is 18.0. The van der Waals surface area contributed by atoms with Crippen LogP contribution in [0.2, 0.25) is 0 Å². The molecule has 2 fully saturated rings. The van der Waals surface area contributed by atoms with Crippen LogP contribution in [0.15, 0.2) is 4.42 Å². The lowest BCUT2D eigenvalue weighted by atomic mass is 9.98. The van der Waals surface area contributed by atoms with Crippen molar-refractivity contribution in [1.82, 2.24) is 25.5 Å². The number of hydrogen-bond acceptors (Lipinski definition) is 8. The number of rotatable bonds is 5. The van der Waals surface area contributed by atoms with Gasteiger partial charge in [-0.1, -0.05) is 0 Å². The molecule has 1 atom stereocenters. The van der Waals surface area contributed by atoms with Crippen LogP contribution in [0.4, 0.5) is 4.79 Å². The van der Waals surface area contributed by atoms with Crippen molar-refractivity contribution in [2.45, 2.75) is 38.1 Å². The first-order chi connectivity index (χ1) is 11.9. The molecule has 12 heteroatoms. The highest BCUT2D eigenvalue weighted by molar-refractivity contribution is 7.80. The maximum absolute atomic E-state index is 12.4. The Bertz CT molecular complexity index is 716. The van der Waals surface area contributed by atoms with E-state index in [9.17, 15) is 13.2 Å². The Morgan fingerprint density at radius 2 is 1.96 bits per heavy atom. The molecule has 11 nitrogen and oxygen atoms in total. The molecule has 0 unspecified atom stereocenters. The minimum atomic E-state index is -4.76. The molecule has 2 aliphatic rings. The highest BCUT2D eigenvalue weighted by atomic mass is 32.3. The van der Waals surface area contributed by atoms with Crippen LogP contribution in [-0.2, 0) is 14.7 Å². The van der Waals surface area contributed by atoms with Gasteiger partial charge in [0.1, 0.15) is 6.04 Å². The zero-order valence-electron chi connectivity index (χ0n) is 13.8. The van der Waals surface area contributed by atoms with Gasteiger partial charge in [-0.05, 0) is 39.3 Å². The quantitative estimate of drug-likeness (QED) is 0.703. The Balaban J connectivity index is 1.74. The van der Waals surface area contributed by atoms with Gasteiger partial charge in [-0.15, -0.1) is 14.5 Å². The van der Waals surface area contributed by atoms with Crippen LogP contribution in [0.3, 0.4) is 0 Å². The summed E-state index contributed by atoms with van der Waals surface area (Å²) in [5, 5.41) is 12.1. The highest BCUT2D eigenvalue weighted by Gasteiger charge is 2.39. The van der Waals surface area contributed by atoms with Crippen molar-refractivity contribution >= 4 is 16.4 Å². The first-order valence-corrected chi connectivity index (χ1v) is 9.54. The lowest BCUT2D eigenvalue weighted by Gasteiger charge is -2.37. The van der Waals surface area contributed by atoms with Gasteiger partial charge in [0, 0.05) is 12.5 Å². The van der Waals surface area contributed by atoms with Crippen molar-refractivity contribution in [2.75, 3.05) is 26.2 Å². The van der Waals surface area contributed by atoms with Crippen LogP contribution in [0.1, 0.15) is 49.9 Å². The molecule has 2 N–H and O–H groups in total. The number of carbonyl (C=O) groups excluding carboxylic acids is 1. The van der Waals surface area contributed by atoms with Gasteiger partial charge in [-0.3, -0.25) is 4.55 Å². The summed E-state index contributed by atoms with van der Waals surface area (Å²) in [6.07, 6.45) is 2.17. The molecule has 3 rings (SSSR count). The fourth-order valence-electron chi connectivity index (χ4n) is 3.18. The predicted octanol–water partition coefficient (Wildman–Crippen LogP) is 0.460. The molecule has 2 amide bonds. The fourth-order valence-corrected chi connectivity index (χ4v) is 3.54. The molecule has 0 aliphatic carbocycles. The molecule has 2 saturated heterocycles. The molecule has 2 aliphatic heterocycles. The van der Waals surface area contributed by atoms with E-state index in [0.717, 1.165) is 25.9 Å². The molecule has 1 aromatic rings. The Hall–Kier alpha value is -1.76. The van der Waals surface area contributed by atoms with Crippen molar-refractivity contribution in [3.8, 4) is 0 Å². The second kappa shape index (κ2) is 7.23. The average Bonchev–Trinajstić information content (AvgIpc) is 3.06. The summed E-state index contributed by atoms with van der Waals surface area (Å²) in [4.78, 5) is 13.7. The molecule has 140 valence electrons. The number of urea groups is 1. The lowest BCUT2D eigenvalue weighted by Crippen LogP contribution is -2.51. The Morgan fingerprint density at radius 1 is 1.28 bits per heavy atom. The number of amides is 2. The van der Waals surface area contributed by atoms with E-state index in [-0.39, 0.29) is 12.5 Å². The third-order valence-corrected chi connectivity index (χ3v) is 4.76. The van der Waals surface area contributed by atoms with Crippen molar-refractivity contribution in [3.63, 3.8) is 0 Å². The van der Waals surface area contributed by atoms with Gasteiger partial charge in [0.05, 0.1) is 6.54 Å². The van der Waals surface area contributed by atoms with E-state index in [0.29, 0.717) is 29.8 Å². The molecule has 1 aromatic heterocycles. The SMILES string of the molecule is CCN1C(=O)N(OS(=O)(=O)O)CC[C@H]1c1nnc(C2CCNCC2)o1. The number of nitrogens with zero attached hydrogens (tertiary/aromatic N) is 4. The van der Waals surface area contributed by atoms with Gasteiger partial charge in [-0.2, -0.15) is 13.5 Å². The Kier molecular flexibility index (Phi) is 5.22. The van der Waals surface area contributed by atoms with Gasteiger partial charge in [-0.25, -0.2) is 4.79 Å². The van der Waals surface area contributed by atoms with Crippen molar-refractivity contribution in [1.29, 1.82) is 0 Å². The van der Waals surface area contributed by atoms with Crippen LogP contribution < -0.4 is 5.32 Å². The molecule has 0 spiro atoms. The molecule has 3 heterocycles. The van der Waals surface area contributed by atoms with Crippen molar-refractivity contribution in [2.24, 2.45) is 0 Å². The summed E-state index contributed by atoms with van der Waals surface area (Å²) in [6, 6.07) is -1.14. The molecular formula is C13H21N5O6S. The standard InChI is InChI=1S/C13H21N5O6S/c1-2-17-10(5-8-18(13(17)19)24-25(20,21)22)12-16-15-11(23-12)9-3-6-14-7-4-9/h9-10,14H,2-8H2,1H3,(H,20,21,22)/t10-/m0/s1. The van der Waals surface area contributed by atoms with E-state index in [1.165, 1.54) is 4.90 Å². The maximum atomic E-state index is 12.4. The summed E-state index contributed by atoms with van der Waals surface area (Å²) in [5.41, 5.74) is 0. The second-order valence-electron chi connectivity index (χ2n) is 5.98. The third-order valence-electron chi connectivity index (χ3n) is 4.40. The Labute approximate surface area is 145 Å². The third kappa shape index (κ3) is 4.08. The molecule has 25 heavy (non-hydrogen) atoms. The molecule has 0 radical (unpaired) electrons. The highest BCUT2D eigenvalue weighted by Crippen LogP contribution is 2.32. The minimum absolute atomic E-state index is 0.0230. The number of piperidine rings is 1. The van der Waals surface area contributed by atoms with Gasteiger partial charge in [0.2, 0.25) is 11.8 Å². The second-order valence-corrected chi connectivity index (χ2v) is 6.98. The normalized spacial score (nSPS) is 23.3. The molecule has 0 aromatic carbocycles. The van der Waals surface area contributed by atoms with Gasteiger partial charge < -0.3 is 14.6 Å². The fraction of sp³-hybridized carbons (Fsp3) is 0.769. The van der Waals surface area contributed by atoms with Crippen molar-refractivity contribution < 1.29 is 26.5 Å². The van der Waals surface area contributed by atoms with Crippen LogP contribution in [-0.4, -0.2) is 65.3 Å². The first-order valence-electron chi connectivity index (χ1n) is 8.18. The maximum Gasteiger partial charge on any atom is 0.418 e. The number of nitrogens with one attached hydrogen (secondary N) is 1. The van der Waals surface area contributed by atoms with E-state index in [4.69, 9.17) is 8.97 Å². The van der Waals surface area contributed by atoms with Gasteiger partial charge in [0.25, 0.3) is 0 Å². The van der Waals surface area contributed by atoms with E-state index in [1.54, 1.807) is 6.92 Å². The van der Waals surface area contributed by atoms with Crippen LogP contribution in [0.25, 0.3) is 0 Å². The zero-order valence-corrected chi connectivity index (χ0v) is 14.6. The van der Waals surface area contributed by atoms with Crippen molar-refractivity contribution in [3.05, 3.63) is 11.8 Å². The van der Waals surface area contributed by atoms with E-state index >= 15 is 0 Å². The minimum Gasteiger partial charge on any atom is -0.423 e. The van der Waals surface area contributed by atoms with Crippen LogP contribution in [0.5, 0.6) is 0 Å². The van der Waals surface area contributed by atoms with Crippen LogP contribution >= 0.6 is 0 Å². The van der Waals surface area contributed by atoms with E-state index in [1.807, 2.05) is 0 Å². The summed E-state index contributed by atoms with van der Waals surface area (Å²) >= 11 is 0. The van der Waals surface area contributed by atoms with Gasteiger partial charge in [0.15, 0.2) is 0 Å². The summed E-state index contributed by atoms with van der Waals surface area (Å²) < 4.78 is 40.6. The van der Waals surface area contributed by atoms with E-state index in [2.05, 4.69) is 19.8 Å². The molecule has 0 saturated carbocycles. The monoisotopic (exact) mass is 375 g/mol. The smallest absolute Gasteiger partial charge is 0.418 e. The summed E-state index contributed by atoms with van der Waals surface area (Å²) in [6.45, 7) is 3.80. The largest absolute Gasteiger partial charge is 0.423 e. The topological polar surface area (TPSA) is 138 Å². The lowest BCUT2D eigenvalue weighted by molar-refractivity contribution is -0.0615. The number of hydroxylamine groups is 2. The van der Waals surface area contributed by atoms with Crippen LogP contribution in [0, 0.1) is 0 Å². The average molecular weight is 375 g/mol. The van der Waals surface area contributed by atoms with Gasteiger partial charge >= 0.3 is 16.4 Å². The molecule has 0 bridgehead atoms. The number of hydrogen-bond donors (Lipinski definition) is 2. The summed E-state index contributed by atoms with van der Waals surface area (Å²) in [7, 11) is -4.76. The van der Waals surface area contributed by atoms with E-state index < -0.39 is 22.5 Å². The summed E-state index contributed by atoms with van der Waals surface area (Å²) in [5.74, 6) is 1.10. The first kappa shape index (κ1) is 18.0. The Morgan fingerprint density at radius 3 is 2.60 bits per heavy atom. The number of aromatic nitrogens is 2. The number of carbonyl (C=O) groups is 1. The molecular weight excluding hydrogens is 354 g/mol.